The summed E-state index contributed by atoms with van der Waals surface area (Å²) in [6.45, 7) is 2.12. The van der Waals surface area contributed by atoms with Crippen LogP contribution in [0.5, 0.6) is 0 Å². The molecule has 5 rings (SSSR count). The van der Waals surface area contributed by atoms with Crippen LogP contribution in [0.15, 0.2) is 10.6 Å². The maximum Gasteiger partial charge on any atom is 0.315 e. The summed E-state index contributed by atoms with van der Waals surface area (Å²) in [5, 5.41) is 6.44. The fraction of sp³-hybridized carbons (Fsp3) is 0.750. The van der Waals surface area contributed by atoms with Gasteiger partial charge in [-0.25, -0.2) is 8.78 Å². The van der Waals surface area contributed by atoms with Crippen molar-refractivity contribution in [1.29, 1.82) is 0 Å². The highest BCUT2D eigenvalue weighted by atomic mass is 19.3. The maximum atomic E-state index is 13.8. The Bertz CT molecular complexity index is 816. The number of amides is 2. The molecule has 2 aliphatic carbocycles. The molecule has 2 saturated heterocycles. The van der Waals surface area contributed by atoms with Gasteiger partial charge in [0, 0.05) is 35.4 Å². The summed E-state index contributed by atoms with van der Waals surface area (Å²) in [6, 6.07) is 1.16. The SMILES string of the molecule is CC1(c2cc(NC(=O)C(=O)N3C4CCC3CC3(C4)CC3(F)F)no2)CCCC1. The van der Waals surface area contributed by atoms with Crippen LogP contribution >= 0.6 is 0 Å². The molecule has 2 unspecified atom stereocenters. The molecule has 2 atom stereocenters. The van der Waals surface area contributed by atoms with Gasteiger partial charge in [-0.15, -0.1) is 0 Å². The van der Waals surface area contributed by atoms with Crippen molar-refractivity contribution in [2.75, 3.05) is 5.32 Å². The number of halogens is 2. The minimum Gasteiger partial charge on any atom is -0.359 e. The lowest BCUT2D eigenvalue weighted by Gasteiger charge is -2.38. The van der Waals surface area contributed by atoms with Crippen molar-refractivity contribution in [3.63, 3.8) is 0 Å². The summed E-state index contributed by atoms with van der Waals surface area (Å²) in [7, 11) is 0. The van der Waals surface area contributed by atoms with Gasteiger partial charge >= 0.3 is 11.8 Å². The third-order valence-corrected chi connectivity index (χ3v) is 7.57. The van der Waals surface area contributed by atoms with E-state index in [1.165, 1.54) is 4.90 Å². The van der Waals surface area contributed by atoms with E-state index in [4.69, 9.17) is 4.52 Å². The van der Waals surface area contributed by atoms with Crippen LogP contribution in [0.4, 0.5) is 14.6 Å². The number of aromatic nitrogens is 1. The highest BCUT2D eigenvalue weighted by Gasteiger charge is 2.74. The fourth-order valence-electron chi connectivity index (χ4n) is 5.81. The molecule has 4 aliphatic rings. The van der Waals surface area contributed by atoms with Crippen molar-refractivity contribution in [3.8, 4) is 0 Å². The van der Waals surface area contributed by atoms with Gasteiger partial charge in [0.05, 0.1) is 0 Å². The molecule has 6 nitrogen and oxygen atoms in total. The monoisotopic (exact) mass is 393 g/mol. The first-order valence-electron chi connectivity index (χ1n) is 10.2. The Morgan fingerprint density at radius 3 is 2.39 bits per heavy atom. The Morgan fingerprint density at radius 2 is 1.82 bits per heavy atom. The van der Waals surface area contributed by atoms with Crippen LogP contribution in [0.3, 0.4) is 0 Å². The second-order valence-electron chi connectivity index (χ2n) is 9.47. The number of anilines is 1. The van der Waals surface area contributed by atoms with Crippen LogP contribution in [0, 0.1) is 5.41 Å². The standard InChI is InChI=1S/C20H25F2N3O3/c1-18(6-2-3-7-18)14-8-15(24-28-14)23-16(26)17(27)25-12-4-5-13(25)10-19(9-12)11-20(19,21)22/h8,12-13H,2-7,9-11H2,1H3,(H,23,24,26). The van der Waals surface area contributed by atoms with Crippen LogP contribution in [0.2, 0.25) is 0 Å². The summed E-state index contributed by atoms with van der Waals surface area (Å²) in [5.74, 6) is -3.08. The number of nitrogens with zero attached hydrogens (tertiary/aromatic N) is 2. The molecule has 1 aromatic rings. The molecule has 1 spiro atoms. The zero-order valence-electron chi connectivity index (χ0n) is 16.0. The van der Waals surface area contributed by atoms with Crippen molar-refractivity contribution in [2.45, 2.75) is 88.1 Å². The lowest BCUT2D eigenvalue weighted by Crippen LogP contribution is -2.51. The van der Waals surface area contributed by atoms with Crippen LogP contribution in [0.1, 0.15) is 70.5 Å². The number of hydrogen-bond donors (Lipinski definition) is 1. The molecule has 3 heterocycles. The van der Waals surface area contributed by atoms with Crippen LogP contribution < -0.4 is 5.32 Å². The Morgan fingerprint density at radius 1 is 1.21 bits per heavy atom. The quantitative estimate of drug-likeness (QED) is 0.779. The summed E-state index contributed by atoms with van der Waals surface area (Å²) < 4.78 is 33.0. The van der Waals surface area contributed by atoms with E-state index in [1.807, 2.05) is 0 Å². The zero-order valence-corrected chi connectivity index (χ0v) is 16.0. The van der Waals surface area contributed by atoms with E-state index in [1.54, 1.807) is 6.07 Å². The number of carbonyl (C=O) groups excluding carboxylic acids is 2. The Hall–Kier alpha value is -1.99. The predicted molar refractivity (Wildman–Crippen MR) is 95.8 cm³/mol. The molecule has 2 bridgehead atoms. The van der Waals surface area contributed by atoms with E-state index in [2.05, 4.69) is 17.4 Å². The molecule has 4 fully saturated rings. The number of rotatable bonds is 2. The van der Waals surface area contributed by atoms with Gasteiger partial charge in [0.25, 0.3) is 5.92 Å². The number of hydrogen-bond acceptors (Lipinski definition) is 4. The molecule has 1 N–H and O–H groups in total. The highest BCUT2D eigenvalue weighted by molar-refractivity contribution is 6.39. The summed E-state index contributed by atoms with van der Waals surface area (Å²) in [4.78, 5) is 26.8. The normalized spacial score (nSPS) is 34.6. The fourth-order valence-corrected chi connectivity index (χ4v) is 5.81. The summed E-state index contributed by atoms with van der Waals surface area (Å²) >= 11 is 0. The van der Waals surface area contributed by atoms with E-state index < -0.39 is 23.2 Å². The first-order chi connectivity index (χ1) is 13.2. The van der Waals surface area contributed by atoms with E-state index in [-0.39, 0.29) is 29.7 Å². The van der Waals surface area contributed by atoms with Gasteiger partial charge < -0.3 is 9.42 Å². The van der Waals surface area contributed by atoms with Crippen LogP contribution in [0.25, 0.3) is 0 Å². The molecule has 8 heteroatoms. The molecule has 2 aliphatic heterocycles. The Balaban J connectivity index is 1.26. The molecular weight excluding hydrogens is 368 g/mol. The second kappa shape index (κ2) is 5.76. The Kier molecular flexibility index (Phi) is 3.72. The van der Waals surface area contributed by atoms with Crippen molar-refractivity contribution in [3.05, 3.63) is 11.8 Å². The van der Waals surface area contributed by atoms with Gasteiger partial charge in [0.15, 0.2) is 5.82 Å². The van der Waals surface area contributed by atoms with Crippen LogP contribution in [-0.4, -0.2) is 39.9 Å². The molecule has 2 saturated carbocycles. The van der Waals surface area contributed by atoms with Gasteiger partial charge in [-0.3, -0.25) is 14.9 Å². The first kappa shape index (κ1) is 18.1. The lowest BCUT2D eigenvalue weighted by atomic mass is 9.86. The predicted octanol–water partition coefficient (Wildman–Crippen LogP) is 3.62. The smallest absolute Gasteiger partial charge is 0.315 e. The third-order valence-electron chi connectivity index (χ3n) is 7.57. The second-order valence-corrected chi connectivity index (χ2v) is 9.47. The van der Waals surface area contributed by atoms with Gasteiger partial charge in [-0.2, -0.15) is 0 Å². The van der Waals surface area contributed by atoms with Gasteiger partial charge in [0.2, 0.25) is 0 Å². The minimum absolute atomic E-state index is 0.0736. The van der Waals surface area contributed by atoms with E-state index >= 15 is 0 Å². The molecule has 1 aromatic heterocycles. The lowest BCUT2D eigenvalue weighted by molar-refractivity contribution is -0.147. The summed E-state index contributed by atoms with van der Waals surface area (Å²) in [6.07, 6.45) is 6.18. The number of piperidine rings is 1. The van der Waals surface area contributed by atoms with E-state index in [0.717, 1.165) is 31.4 Å². The zero-order chi connectivity index (χ0) is 19.7. The number of alkyl halides is 2. The largest absolute Gasteiger partial charge is 0.359 e. The molecule has 2 amide bonds. The summed E-state index contributed by atoms with van der Waals surface area (Å²) in [5.41, 5.74) is -1.01. The minimum atomic E-state index is -2.61. The van der Waals surface area contributed by atoms with Gasteiger partial charge in [0.1, 0.15) is 5.76 Å². The molecule has 0 radical (unpaired) electrons. The van der Waals surface area contributed by atoms with E-state index in [0.29, 0.717) is 25.7 Å². The van der Waals surface area contributed by atoms with E-state index in [9.17, 15) is 18.4 Å². The van der Waals surface area contributed by atoms with Crippen molar-refractivity contribution >= 4 is 17.6 Å². The van der Waals surface area contributed by atoms with Crippen molar-refractivity contribution < 1.29 is 22.9 Å². The molecule has 152 valence electrons. The molecular formula is C20H25F2N3O3. The average Bonchev–Trinajstić information content (AvgIpc) is 3.13. The van der Waals surface area contributed by atoms with Crippen molar-refractivity contribution in [1.82, 2.24) is 10.1 Å². The maximum absolute atomic E-state index is 13.8. The van der Waals surface area contributed by atoms with Crippen LogP contribution in [-0.2, 0) is 15.0 Å². The topological polar surface area (TPSA) is 75.4 Å². The number of nitrogens with one attached hydrogen (secondary N) is 1. The van der Waals surface area contributed by atoms with Gasteiger partial charge in [-0.1, -0.05) is 24.9 Å². The average molecular weight is 393 g/mol. The molecule has 28 heavy (non-hydrogen) atoms. The third kappa shape index (κ3) is 2.59. The number of carbonyl (C=O) groups is 2. The number of fused-ring (bicyclic) bond motifs is 2. The van der Waals surface area contributed by atoms with Gasteiger partial charge in [-0.05, 0) is 38.5 Å². The highest BCUT2D eigenvalue weighted by Crippen LogP contribution is 2.69. The first-order valence-corrected chi connectivity index (χ1v) is 10.2. The Labute approximate surface area is 162 Å². The van der Waals surface area contributed by atoms with Crippen molar-refractivity contribution in [2.24, 2.45) is 5.41 Å². The molecule has 0 aromatic carbocycles.